The van der Waals surface area contributed by atoms with Crippen LogP contribution < -0.4 is 9.64 Å². The van der Waals surface area contributed by atoms with E-state index in [9.17, 15) is 9.59 Å². The minimum absolute atomic E-state index is 0.0788. The topological polar surface area (TPSA) is 78.0 Å². The van der Waals surface area contributed by atoms with Crippen molar-refractivity contribution >= 4 is 40.6 Å². The van der Waals surface area contributed by atoms with Crippen LogP contribution in [0, 0.1) is 0 Å². The van der Waals surface area contributed by atoms with Gasteiger partial charge in [-0.15, -0.1) is 0 Å². The van der Waals surface area contributed by atoms with Crippen molar-refractivity contribution in [2.24, 2.45) is 0 Å². The molecule has 1 fully saturated rings. The van der Waals surface area contributed by atoms with Crippen molar-refractivity contribution in [2.45, 2.75) is 32.7 Å². The van der Waals surface area contributed by atoms with E-state index in [1.807, 2.05) is 0 Å². The van der Waals surface area contributed by atoms with Gasteiger partial charge >= 0.3 is 5.97 Å². The summed E-state index contributed by atoms with van der Waals surface area (Å²) in [4.78, 5) is 31.5. The fourth-order valence-electron chi connectivity index (χ4n) is 3.59. The van der Waals surface area contributed by atoms with E-state index < -0.39 is 11.8 Å². The lowest BCUT2D eigenvalue weighted by molar-refractivity contribution is -0.138. The lowest BCUT2D eigenvalue weighted by atomic mass is 10.0. The summed E-state index contributed by atoms with van der Waals surface area (Å²) in [5, 5.41) is 0.865. The Morgan fingerprint density at radius 1 is 1.18 bits per heavy atom. The van der Waals surface area contributed by atoms with Crippen molar-refractivity contribution in [1.82, 2.24) is 4.98 Å². The van der Waals surface area contributed by atoms with Crippen LogP contribution in [0.1, 0.15) is 37.0 Å². The highest BCUT2D eigenvalue weighted by Crippen LogP contribution is 2.34. The summed E-state index contributed by atoms with van der Waals surface area (Å²) in [5.74, 6) is -0.854. The number of anilines is 1. The maximum Gasteiger partial charge on any atom is 0.345 e. The van der Waals surface area contributed by atoms with Crippen LogP contribution in [0.5, 0.6) is 5.88 Å². The summed E-state index contributed by atoms with van der Waals surface area (Å²) in [6.45, 7) is 5.10. The molecule has 2 aromatic rings. The molecular weight excluding hydrogens is 467 g/mol. The Morgan fingerprint density at radius 2 is 2.00 bits per heavy atom. The van der Waals surface area contributed by atoms with Gasteiger partial charge in [0.2, 0.25) is 11.7 Å². The molecule has 1 aliphatic heterocycles. The average Bonchev–Trinajstić information content (AvgIpc) is 3.27. The highest BCUT2D eigenvalue weighted by Gasteiger charge is 2.28. The second-order valence-corrected chi connectivity index (χ2v) is 8.11. The zero-order valence-electron chi connectivity index (χ0n) is 18.6. The molecule has 0 bridgehead atoms. The normalized spacial score (nSPS) is 15.9. The molecular formula is C24H26Cl2N2O5. The number of hydrogen-bond acceptors (Lipinski definition) is 7. The molecule has 0 unspecified atom stereocenters. The van der Waals surface area contributed by atoms with Gasteiger partial charge in [0.15, 0.2) is 0 Å². The molecule has 0 spiro atoms. The Bertz CT molecular complexity index is 1030. The van der Waals surface area contributed by atoms with Crippen LogP contribution in [0.25, 0.3) is 0 Å². The van der Waals surface area contributed by atoms with Crippen molar-refractivity contribution in [3.05, 3.63) is 64.0 Å². The van der Waals surface area contributed by atoms with Gasteiger partial charge in [0.1, 0.15) is 23.5 Å². The molecule has 0 aliphatic carbocycles. The van der Waals surface area contributed by atoms with Crippen molar-refractivity contribution in [1.29, 1.82) is 0 Å². The third-order valence-corrected chi connectivity index (χ3v) is 5.73. The Kier molecular flexibility index (Phi) is 8.97. The van der Waals surface area contributed by atoms with Crippen LogP contribution in [0.4, 0.5) is 5.69 Å². The van der Waals surface area contributed by atoms with Crippen LogP contribution in [-0.2, 0) is 14.3 Å². The Morgan fingerprint density at radius 3 is 2.70 bits per heavy atom. The van der Waals surface area contributed by atoms with Gasteiger partial charge in [0, 0.05) is 18.3 Å². The summed E-state index contributed by atoms with van der Waals surface area (Å²) in [6.07, 6.45) is 4.67. The quantitative estimate of drug-likeness (QED) is 0.114. The highest BCUT2D eigenvalue weighted by molar-refractivity contribution is 6.34. The second-order valence-electron chi connectivity index (χ2n) is 7.29. The Hall–Kier alpha value is -2.77. The van der Waals surface area contributed by atoms with Crippen molar-refractivity contribution in [3.63, 3.8) is 0 Å². The summed E-state index contributed by atoms with van der Waals surface area (Å²) >= 11 is 12.7. The van der Waals surface area contributed by atoms with Crippen LogP contribution in [0.2, 0.25) is 10.0 Å². The number of carbonyl (C=O) groups is 2. The molecule has 0 radical (unpaired) electrons. The Labute approximate surface area is 203 Å². The molecule has 1 atom stereocenters. The van der Waals surface area contributed by atoms with Gasteiger partial charge in [-0.1, -0.05) is 23.2 Å². The first kappa shape index (κ1) is 24.9. The van der Waals surface area contributed by atoms with Gasteiger partial charge in [0.25, 0.3) is 0 Å². The van der Waals surface area contributed by atoms with E-state index in [-0.39, 0.29) is 23.8 Å². The van der Waals surface area contributed by atoms with Gasteiger partial charge in [-0.3, -0.25) is 4.79 Å². The van der Waals surface area contributed by atoms with Gasteiger partial charge in [-0.05, 0) is 57.0 Å². The molecule has 1 saturated heterocycles. The number of Topliss-reactive ketones (excluding diaryl/α,β-unsaturated/α-hetero) is 1. The van der Waals surface area contributed by atoms with Crippen molar-refractivity contribution in [3.8, 4) is 5.88 Å². The van der Waals surface area contributed by atoms with Crippen LogP contribution in [0.15, 0.2) is 48.4 Å². The van der Waals surface area contributed by atoms with Crippen LogP contribution >= 0.6 is 23.2 Å². The van der Waals surface area contributed by atoms with Gasteiger partial charge in [0.05, 0.1) is 30.0 Å². The van der Waals surface area contributed by atoms with Crippen molar-refractivity contribution < 1.29 is 23.8 Å². The number of aromatic nitrogens is 1. The minimum Gasteiger partial charge on any atom is -0.500 e. The van der Waals surface area contributed by atoms with Crippen molar-refractivity contribution in [2.75, 3.05) is 31.3 Å². The van der Waals surface area contributed by atoms with Crippen LogP contribution in [-0.4, -0.2) is 49.1 Å². The summed E-state index contributed by atoms with van der Waals surface area (Å²) in [5.41, 5.74) is 0.884. The first-order valence-electron chi connectivity index (χ1n) is 10.8. The number of nitrogens with zero attached hydrogens (tertiary/aromatic N) is 2. The number of pyridine rings is 1. The third-order valence-electron chi connectivity index (χ3n) is 5.14. The number of benzene rings is 1. The van der Waals surface area contributed by atoms with E-state index in [1.54, 1.807) is 50.4 Å². The van der Waals surface area contributed by atoms with Gasteiger partial charge in [-0.2, -0.15) is 0 Å². The van der Waals surface area contributed by atoms with E-state index in [0.29, 0.717) is 29.1 Å². The highest BCUT2D eigenvalue weighted by atomic mass is 35.5. The number of rotatable bonds is 10. The number of ketones is 1. The standard InChI is InChI=1S/C24H26Cl2N2O5/c1-3-31-15-18(24(30)32-4-2)22(29)16-9-10-21(20(26)13-16)28-12-6-7-17(28)14-33-23-19(25)8-5-11-27-23/h5,8-11,13,15,17H,3-4,6-7,12,14H2,1-2H3/b18-15-/t17-/m1/s1. The van der Waals surface area contributed by atoms with E-state index in [1.165, 1.54) is 0 Å². The largest absolute Gasteiger partial charge is 0.500 e. The number of ether oxygens (including phenoxy) is 3. The maximum absolute atomic E-state index is 12.9. The molecule has 3 rings (SSSR count). The van der Waals surface area contributed by atoms with Gasteiger partial charge in [-0.25, -0.2) is 9.78 Å². The number of carbonyl (C=O) groups excluding carboxylic acids is 2. The predicted molar refractivity (Wildman–Crippen MR) is 127 cm³/mol. The third kappa shape index (κ3) is 6.18. The van der Waals surface area contributed by atoms with E-state index in [2.05, 4.69) is 9.88 Å². The number of esters is 1. The molecule has 0 N–H and O–H groups in total. The number of halogens is 2. The van der Waals surface area contributed by atoms with Crippen LogP contribution in [0.3, 0.4) is 0 Å². The van der Waals surface area contributed by atoms with E-state index in [0.717, 1.165) is 31.3 Å². The maximum atomic E-state index is 12.9. The molecule has 7 nitrogen and oxygen atoms in total. The molecule has 1 aliphatic rings. The fraction of sp³-hybridized carbons (Fsp3) is 0.375. The molecule has 1 aromatic heterocycles. The predicted octanol–water partition coefficient (Wildman–Crippen LogP) is 5.10. The van der Waals surface area contributed by atoms with E-state index in [4.69, 9.17) is 37.4 Å². The molecule has 176 valence electrons. The molecule has 9 heteroatoms. The second kappa shape index (κ2) is 11.9. The zero-order chi connectivity index (χ0) is 23.8. The Balaban J connectivity index is 1.76. The SMILES string of the molecule is CCO/C=C(\C(=O)OCC)C(=O)c1ccc(N2CCC[C@@H]2COc2ncccc2Cl)c(Cl)c1. The lowest BCUT2D eigenvalue weighted by Crippen LogP contribution is -2.34. The average molecular weight is 493 g/mol. The smallest absolute Gasteiger partial charge is 0.345 e. The summed E-state index contributed by atoms with van der Waals surface area (Å²) in [6, 6.07) is 8.54. The first-order chi connectivity index (χ1) is 16.0. The molecule has 0 amide bonds. The van der Waals surface area contributed by atoms with E-state index >= 15 is 0 Å². The molecule has 2 heterocycles. The first-order valence-corrected chi connectivity index (χ1v) is 11.5. The monoisotopic (exact) mass is 492 g/mol. The minimum atomic E-state index is -0.735. The zero-order valence-corrected chi connectivity index (χ0v) is 20.1. The molecule has 1 aromatic carbocycles. The molecule has 33 heavy (non-hydrogen) atoms. The lowest BCUT2D eigenvalue weighted by Gasteiger charge is -2.27. The summed E-state index contributed by atoms with van der Waals surface area (Å²) in [7, 11) is 0. The molecule has 0 saturated carbocycles. The summed E-state index contributed by atoms with van der Waals surface area (Å²) < 4.78 is 16.0. The van der Waals surface area contributed by atoms with Gasteiger partial charge < -0.3 is 19.1 Å². The fourth-order valence-corrected chi connectivity index (χ4v) is 4.05. The number of hydrogen-bond donors (Lipinski definition) is 0.